The molecule has 0 fully saturated rings. The number of rotatable bonds is 43. The number of unbranched alkanes of at least 4 members (excludes halogenated alkanes) is 22. The Balaban J connectivity index is 3.58. The molecule has 0 aliphatic rings. The molecule has 0 spiro atoms. The van der Waals surface area contributed by atoms with Gasteiger partial charge >= 0.3 is 0 Å². The van der Waals surface area contributed by atoms with Gasteiger partial charge in [-0.2, -0.15) is 0 Å². The van der Waals surface area contributed by atoms with Gasteiger partial charge in [-0.25, -0.2) is 0 Å². The fourth-order valence-corrected chi connectivity index (χ4v) is 6.86. The number of aliphatic hydroxyl groups excluding tert-OH is 2. The van der Waals surface area contributed by atoms with Crippen LogP contribution in [0.15, 0.2) is 97.2 Å². The van der Waals surface area contributed by atoms with Crippen molar-refractivity contribution in [2.24, 2.45) is 0 Å². The Morgan fingerprint density at radius 2 is 0.759 bits per heavy atom. The van der Waals surface area contributed by atoms with E-state index in [4.69, 9.17) is 0 Å². The minimum Gasteiger partial charge on any atom is -0.394 e. The highest BCUT2D eigenvalue weighted by Gasteiger charge is 2.17. The summed E-state index contributed by atoms with van der Waals surface area (Å²) in [5, 5.41) is 23.0. The second-order valence-corrected chi connectivity index (χ2v) is 16.1. The molecule has 2 atom stereocenters. The van der Waals surface area contributed by atoms with E-state index in [1.54, 1.807) is 6.08 Å². The first kappa shape index (κ1) is 55.3. The number of carbonyl (C=O) groups is 1. The van der Waals surface area contributed by atoms with Gasteiger partial charge in [0.15, 0.2) is 0 Å². The van der Waals surface area contributed by atoms with Crippen molar-refractivity contribution in [3.63, 3.8) is 0 Å². The summed E-state index contributed by atoms with van der Waals surface area (Å²) in [5.74, 6) is -0.0720. The van der Waals surface area contributed by atoms with E-state index in [1.807, 2.05) is 6.08 Å². The molecule has 2 unspecified atom stereocenters. The van der Waals surface area contributed by atoms with Crippen LogP contribution in [0.25, 0.3) is 0 Å². The molecular formula is C54H93NO3. The van der Waals surface area contributed by atoms with E-state index >= 15 is 0 Å². The second-order valence-electron chi connectivity index (χ2n) is 16.1. The molecule has 0 rings (SSSR count). The predicted molar refractivity (Wildman–Crippen MR) is 257 cm³/mol. The van der Waals surface area contributed by atoms with E-state index in [9.17, 15) is 15.0 Å². The SMILES string of the molecule is CC/C=C\C/C=C\C/C=C\C/C=C\C/C=C\C/C=C\C/C=C\CCCCCCCCCCCCCC(=O)NC(CO)C(O)/C=C/CCCCCCCCCCCCC. The Kier molecular flexibility index (Phi) is 46.4. The van der Waals surface area contributed by atoms with Crippen molar-refractivity contribution >= 4 is 5.91 Å². The minimum absolute atomic E-state index is 0.0720. The molecule has 0 aliphatic heterocycles. The first-order valence-corrected chi connectivity index (χ1v) is 24.5. The van der Waals surface area contributed by atoms with Crippen molar-refractivity contribution in [2.75, 3.05) is 6.61 Å². The maximum Gasteiger partial charge on any atom is 0.220 e. The monoisotopic (exact) mass is 804 g/mol. The molecule has 332 valence electrons. The molecular weight excluding hydrogens is 711 g/mol. The van der Waals surface area contributed by atoms with Crippen molar-refractivity contribution in [3.8, 4) is 0 Å². The second kappa shape index (κ2) is 48.7. The van der Waals surface area contributed by atoms with Crippen LogP contribution in [0.3, 0.4) is 0 Å². The highest BCUT2D eigenvalue weighted by molar-refractivity contribution is 5.76. The Morgan fingerprint density at radius 1 is 0.431 bits per heavy atom. The van der Waals surface area contributed by atoms with Crippen LogP contribution in [0.5, 0.6) is 0 Å². The average molecular weight is 804 g/mol. The lowest BCUT2D eigenvalue weighted by Gasteiger charge is -2.20. The van der Waals surface area contributed by atoms with Crippen molar-refractivity contribution in [1.29, 1.82) is 0 Å². The molecule has 4 nitrogen and oxygen atoms in total. The molecule has 4 heteroatoms. The molecule has 0 aliphatic carbocycles. The third-order valence-corrected chi connectivity index (χ3v) is 10.6. The molecule has 58 heavy (non-hydrogen) atoms. The van der Waals surface area contributed by atoms with E-state index in [0.717, 1.165) is 70.6 Å². The van der Waals surface area contributed by atoms with Crippen LogP contribution in [-0.2, 0) is 4.79 Å². The maximum atomic E-state index is 12.4. The van der Waals surface area contributed by atoms with Crippen LogP contribution in [0, 0.1) is 0 Å². The summed E-state index contributed by atoms with van der Waals surface area (Å²) in [4.78, 5) is 12.4. The summed E-state index contributed by atoms with van der Waals surface area (Å²) < 4.78 is 0. The minimum atomic E-state index is -0.844. The highest BCUT2D eigenvalue weighted by atomic mass is 16.3. The van der Waals surface area contributed by atoms with Crippen LogP contribution in [0.2, 0.25) is 0 Å². The van der Waals surface area contributed by atoms with Gasteiger partial charge in [0, 0.05) is 6.42 Å². The Labute approximate surface area is 360 Å². The van der Waals surface area contributed by atoms with Gasteiger partial charge in [0.05, 0.1) is 18.8 Å². The summed E-state index contributed by atoms with van der Waals surface area (Å²) in [6.07, 6.45) is 72.4. The van der Waals surface area contributed by atoms with Crippen molar-refractivity contribution in [3.05, 3.63) is 97.2 Å². The van der Waals surface area contributed by atoms with Gasteiger partial charge in [-0.3, -0.25) is 4.79 Å². The summed E-state index contributed by atoms with van der Waals surface area (Å²) >= 11 is 0. The molecule has 0 aromatic rings. The zero-order valence-electron chi connectivity index (χ0n) is 38.0. The van der Waals surface area contributed by atoms with Crippen molar-refractivity contribution in [1.82, 2.24) is 5.32 Å². The van der Waals surface area contributed by atoms with Gasteiger partial charge in [0.1, 0.15) is 0 Å². The lowest BCUT2D eigenvalue weighted by atomic mass is 10.0. The summed E-state index contributed by atoms with van der Waals surface area (Å²) in [6.45, 7) is 4.18. The standard InChI is InChI=1S/C54H93NO3/c1-3-5-7-9-11-13-15-17-18-19-20-21-22-23-24-25-26-27-28-29-30-31-32-33-34-35-36-38-40-42-44-46-48-50-54(58)55-52(51-56)53(57)49-47-45-43-41-39-37-16-14-12-10-8-6-4-2/h5,7,11,13,17-18,20-21,23-24,26-27,29-30,47,49,52-53,56-57H,3-4,6,8-10,12,14-16,19,22,25,28,31-46,48,50-51H2,1-2H3,(H,55,58)/b7-5-,13-11-,18-17-,21-20-,24-23-,27-26-,30-29-,49-47+. The summed E-state index contributed by atoms with van der Waals surface area (Å²) in [7, 11) is 0. The number of allylic oxidation sites excluding steroid dienone is 15. The average Bonchev–Trinajstić information content (AvgIpc) is 3.23. The molecule has 0 heterocycles. The van der Waals surface area contributed by atoms with Gasteiger partial charge < -0.3 is 15.5 Å². The molecule has 0 saturated carbocycles. The maximum absolute atomic E-state index is 12.4. The van der Waals surface area contributed by atoms with Gasteiger partial charge in [-0.15, -0.1) is 0 Å². The molecule has 1 amide bonds. The molecule has 0 radical (unpaired) electrons. The molecule has 0 aromatic carbocycles. The fourth-order valence-electron chi connectivity index (χ4n) is 6.86. The topological polar surface area (TPSA) is 69.6 Å². The Morgan fingerprint density at radius 3 is 1.14 bits per heavy atom. The van der Waals surface area contributed by atoms with Gasteiger partial charge in [0.25, 0.3) is 0 Å². The van der Waals surface area contributed by atoms with Crippen LogP contribution in [-0.4, -0.2) is 34.9 Å². The summed E-state index contributed by atoms with van der Waals surface area (Å²) in [5.41, 5.74) is 0. The van der Waals surface area contributed by atoms with Crippen LogP contribution in [0.4, 0.5) is 0 Å². The van der Waals surface area contributed by atoms with Crippen LogP contribution < -0.4 is 5.32 Å². The number of amides is 1. The first-order valence-electron chi connectivity index (χ1n) is 24.5. The zero-order valence-corrected chi connectivity index (χ0v) is 38.0. The largest absolute Gasteiger partial charge is 0.394 e. The number of carbonyl (C=O) groups excluding carboxylic acids is 1. The normalized spacial score (nSPS) is 13.8. The molecule has 0 aromatic heterocycles. The first-order chi connectivity index (χ1) is 28.7. The van der Waals surface area contributed by atoms with Crippen LogP contribution in [0.1, 0.15) is 219 Å². The number of hydrogen-bond donors (Lipinski definition) is 3. The zero-order chi connectivity index (χ0) is 42.1. The van der Waals surface area contributed by atoms with Crippen LogP contribution >= 0.6 is 0 Å². The number of nitrogens with one attached hydrogen (secondary N) is 1. The smallest absolute Gasteiger partial charge is 0.220 e. The molecule has 0 bridgehead atoms. The Hall–Kier alpha value is -2.69. The van der Waals surface area contributed by atoms with E-state index in [-0.39, 0.29) is 12.5 Å². The third-order valence-electron chi connectivity index (χ3n) is 10.6. The number of aliphatic hydroxyl groups is 2. The van der Waals surface area contributed by atoms with Gasteiger partial charge in [0.2, 0.25) is 5.91 Å². The van der Waals surface area contributed by atoms with E-state index in [0.29, 0.717) is 6.42 Å². The summed E-state index contributed by atoms with van der Waals surface area (Å²) in [6, 6.07) is -0.628. The van der Waals surface area contributed by atoms with Gasteiger partial charge in [-0.1, -0.05) is 233 Å². The highest BCUT2D eigenvalue weighted by Crippen LogP contribution is 2.14. The fraction of sp³-hybridized carbons (Fsp3) is 0.685. The molecule has 0 saturated heterocycles. The van der Waals surface area contributed by atoms with Gasteiger partial charge in [-0.05, 0) is 77.0 Å². The third kappa shape index (κ3) is 44.4. The molecule has 3 N–H and O–H groups in total. The van der Waals surface area contributed by atoms with E-state index in [1.165, 1.54) is 128 Å². The van der Waals surface area contributed by atoms with E-state index < -0.39 is 12.1 Å². The van der Waals surface area contributed by atoms with E-state index in [2.05, 4.69) is 104 Å². The number of hydrogen-bond acceptors (Lipinski definition) is 3. The quantitative estimate of drug-likeness (QED) is 0.0425. The lowest BCUT2D eigenvalue weighted by molar-refractivity contribution is -0.123. The van der Waals surface area contributed by atoms with Crippen molar-refractivity contribution < 1.29 is 15.0 Å². The Bertz CT molecular complexity index is 1090. The lowest BCUT2D eigenvalue weighted by Crippen LogP contribution is -2.45. The van der Waals surface area contributed by atoms with Crippen molar-refractivity contribution in [2.45, 2.75) is 231 Å². The predicted octanol–water partition coefficient (Wildman–Crippen LogP) is 15.8.